The first-order valence-electron chi connectivity index (χ1n) is 7.38. The molecule has 4 unspecified atom stereocenters. The maximum atomic E-state index is 12.9. The number of ether oxygens (including phenoxy) is 1. The van der Waals surface area contributed by atoms with E-state index < -0.39 is 23.0 Å². The van der Waals surface area contributed by atoms with Crippen molar-refractivity contribution in [1.29, 1.82) is 0 Å². The third-order valence-corrected chi connectivity index (χ3v) is 5.06. The summed E-state index contributed by atoms with van der Waals surface area (Å²) in [5.41, 5.74) is -0.320. The number of imide groups is 1. The number of aliphatic hydroxyl groups is 1. The van der Waals surface area contributed by atoms with Gasteiger partial charge >= 0.3 is 0 Å². The van der Waals surface area contributed by atoms with Gasteiger partial charge in [-0.05, 0) is 31.5 Å². The molecule has 114 valence electrons. The van der Waals surface area contributed by atoms with Crippen molar-refractivity contribution in [1.82, 2.24) is 0 Å². The van der Waals surface area contributed by atoms with E-state index in [1.165, 1.54) is 4.90 Å². The minimum atomic E-state index is -1.06. The van der Waals surface area contributed by atoms with Crippen molar-refractivity contribution in [3.8, 4) is 0 Å². The Balaban J connectivity index is 1.82. The molecule has 1 N–H and O–H groups in total. The number of anilines is 1. The van der Waals surface area contributed by atoms with Crippen molar-refractivity contribution < 1.29 is 19.4 Å². The van der Waals surface area contributed by atoms with Crippen LogP contribution in [0.2, 0.25) is 0 Å². The summed E-state index contributed by atoms with van der Waals surface area (Å²) in [6, 6.07) is 7.32. The van der Waals surface area contributed by atoms with E-state index in [1.807, 2.05) is 25.1 Å². The predicted molar refractivity (Wildman–Crippen MR) is 79.1 cm³/mol. The van der Waals surface area contributed by atoms with Gasteiger partial charge in [0.1, 0.15) is 5.60 Å². The molecule has 3 aliphatic heterocycles. The smallest absolute Gasteiger partial charge is 0.241 e. The Morgan fingerprint density at radius 2 is 1.95 bits per heavy atom. The monoisotopic (exact) mass is 299 g/mol. The van der Waals surface area contributed by atoms with Gasteiger partial charge in [-0.2, -0.15) is 0 Å². The lowest BCUT2D eigenvalue weighted by Gasteiger charge is -2.27. The third-order valence-electron chi connectivity index (χ3n) is 5.06. The molecule has 4 atom stereocenters. The molecule has 5 nitrogen and oxygen atoms in total. The molecule has 2 bridgehead atoms. The number of fused-ring (bicyclic) bond motifs is 5. The largest absolute Gasteiger partial charge is 0.393 e. The van der Waals surface area contributed by atoms with Gasteiger partial charge in [-0.25, -0.2) is 4.90 Å². The van der Waals surface area contributed by atoms with Crippen LogP contribution in [0.3, 0.4) is 0 Å². The van der Waals surface area contributed by atoms with E-state index in [2.05, 4.69) is 0 Å². The second-order valence-electron chi connectivity index (χ2n) is 6.54. The molecule has 4 rings (SSSR count). The van der Waals surface area contributed by atoms with Gasteiger partial charge in [-0.1, -0.05) is 24.3 Å². The van der Waals surface area contributed by atoms with E-state index in [0.29, 0.717) is 5.69 Å². The van der Waals surface area contributed by atoms with Crippen molar-refractivity contribution in [2.75, 3.05) is 11.5 Å². The second-order valence-corrected chi connectivity index (χ2v) is 6.54. The topological polar surface area (TPSA) is 66.8 Å². The fraction of sp³-hybridized carbons (Fsp3) is 0.412. The Kier molecular flexibility index (Phi) is 2.52. The summed E-state index contributed by atoms with van der Waals surface area (Å²) in [5.74, 6) is -1.76. The van der Waals surface area contributed by atoms with Gasteiger partial charge in [-0.15, -0.1) is 0 Å². The van der Waals surface area contributed by atoms with E-state index >= 15 is 0 Å². The predicted octanol–water partition coefficient (Wildman–Crippen LogP) is 1.19. The van der Waals surface area contributed by atoms with Crippen LogP contribution in [0.4, 0.5) is 5.69 Å². The maximum Gasteiger partial charge on any atom is 0.241 e. The van der Waals surface area contributed by atoms with E-state index in [9.17, 15) is 14.7 Å². The molecule has 2 amide bonds. The summed E-state index contributed by atoms with van der Waals surface area (Å²) in [7, 11) is 0. The Morgan fingerprint density at radius 3 is 2.64 bits per heavy atom. The highest BCUT2D eigenvalue weighted by Gasteiger charge is 2.72. The molecule has 3 heterocycles. The van der Waals surface area contributed by atoms with E-state index in [1.54, 1.807) is 25.1 Å². The van der Waals surface area contributed by atoms with Crippen molar-refractivity contribution in [3.63, 3.8) is 0 Å². The van der Waals surface area contributed by atoms with Crippen LogP contribution in [0, 0.1) is 18.8 Å². The number of carbonyl (C=O) groups excluding carboxylic acids is 2. The Hall–Kier alpha value is -1.98. The van der Waals surface area contributed by atoms with E-state index in [4.69, 9.17) is 4.74 Å². The molecule has 0 spiro atoms. The van der Waals surface area contributed by atoms with Crippen LogP contribution < -0.4 is 4.90 Å². The first-order valence-corrected chi connectivity index (χ1v) is 7.38. The van der Waals surface area contributed by atoms with Gasteiger partial charge < -0.3 is 9.84 Å². The maximum absolute atomic E-state index is 12.9. The first kappa shape index (κ1) is 13.7. The van der Waals surface area contributed by atoms with Crippen LogP contribution >= 0.6 is 0 Å². The molecule has 0 saturated carbocycles. The quantitative estimate of drug-likeness (QED) is 0.658. The molecule has 0 aliphatic carbocycles. The van der Waals surface area contributed by atoms with Crippen molar-refractivity contribution >= 4 is 17.5 Å². The number of nitrogens with zero attached hydrogens (tertiary/aromatic N) is 1. The lowest BCUT2D eigenvalue weighted by atomic mass is 9.73. The van der Waals surface area contributed by atoms with E-state index in [-0.39, 0.29) is 18.4 Å². The number of rotatable bonds is 2. The molecule has 5 heteroatoms. The SMILES string of the molecule is Cc1cccc(N2C(=O)C3C(C2=O)C2(CO)C=CC3(C)O2)c1. The molecule has 1 aromatic rings. The lowest BCUT2D eigenvalue weighted by Crippen LogP contribution is -2.43. The first-order chi connectivity index (χ1) is 10.4. The summed E-state index contributed by atoms with van der Waals surface area (Å²) < 4.78 is 5.88. The highest BCUT2D eigenvalue weighted by Crippen LogP contribution is 2.57. The third kappa shape index (κ3) is 1.45. The molecule has 0 aromatic heterocycles. The highest BCUT2D eigenvalue weighted by molar-refractivity contribution is 6.23. The summed E-state index contributed by atoms with van der Waals surface area (Å²) in [6.45, 7) is 3.41. The number of aryl methyl sites for hydroxylation is 1. The van der Waals surface area contributed by atoms with Crippen LogP contribution in [0.1, 0.15) is 12.5 Å². The zero-order valence-corrected chi connectivity index (χ0v) is 12.4. The average Bonchev–Trinajstić information content (AvgIpc) is 3.05. The molecule has 22 heavy (non-hydrogen) atoms. The highest BCUT2D eigenvalue weighted by atomic mass is 16.5. The van der Waals surface area contributed by atoms with Gasteiger partial charge in [-0.3, -0.25) is 9.59 Å². The molecule has 2 saturated heterocycles. The Labute approximate surface area is 128 Å². The fourth-order valence-electron chi connectivity index (χ4n) is 4.06. The number of amides is 2. The van der Waals surface area contributed by atoms with Crippen molar-refractivity contribution in [3.05, 3.63) is 42.0 Å². The number of hydrogen-bond donors (Lipinski definition) is 1. The van der Waals surface area contributed by atoms with Gasteiger partial charge in [0.2, 0.25) is 11.8 Å². The molecule has 1 aromatic carbocycles. The molecule has 2 fully saturated rings. The number of hydrogen-bond acceptors (Lipinski definition) is 4. The Morgan fingerprint density at radius 1 is 1.23 bits per heavy atom. The summed E-state index contributed by atoms with van der Waals surface area (Å²) in [5, 5.41) is 9.75. The normalized spacial score (nSPS) is 39.0. The van der Waals surface area contributed by atoms with Crippen LogP contribution in [-0.4, -0.2) is 34.7 Å². The van der Waals surface area contributed by atoms with Gasteiger partial charge in [0, 0.05) is 0 Å². The van der Waals surface area contributed by atoms with Crippen LogP contribution in [0.25, 0.3) is 0 Å². The average molecular weight is 299 g/mol. The van der Waals surface area contributed by atoms with Crippen LogP contribution in [-0.2, 0) is 14.3 Å². The summed E-state index contributed by atoms with van der Waals surface area (Å²) >= 11 is 0. The Bertz CT molecular complexity index is 727. The van der Waals surface area contributed by atoms with Gasteiger partial charge in [0.15, 0.2) is 0 Å². The van der Waals surface area contributed by atoms with E-state index in [0.717, 1.165) is 5.56 Å². The standard InChI is InChI=1S/C17H17NO4/c1-10-4-3-5-11(8-10)18-14(20)12-13(15(18)21)17(9-19)7-6-16(12,2)22-17/h3-8,12-13,19H,9H2,1-2H3. The van der Waals surface area contributed by atoms with Crippen LogP contribution in [0.5, 0.6) is 0 Å². The lowest BCUT2D eigenvalue weighted by molar-refractivity contribution is -0.131. The molecular weight excluding hydrogens is 282 g/mol. The summed E-state index contributed by atoms with van der Waals surface area (Å²) in [6.07, 6.45) is 3.54. The molecular formula is C17H17NO4. The van der Waals surface area contributed by atoms with Crippen LogP contribution in [0.15, 0.2) is 36.4 Å². The summed E-state index contributed by atoms with van der Waals surface area (Å²) in [4.78, 5) is 27.0. The number of benzene rings is 1. The number of carbonyl (C=O) groups is 2. The second kappa shape index (κ2) is 4.06. The van der Waals surface area contributed by atoms with Crippen molar-refractivity contribution in [2.24, 2.45) is 11.8 Å². The zero-order valence-electron chi connectivity index (χ0n) is 12.4. The zero-order chi connectivity index (χ0) is 15.7. The number of aliphatic hydroxyl groups excluding tert-OH is 1. The molecule has 3 aliphatic rings. The minimum absolute atomic E-state index is 0.247. The fourth-order valence-corrected chi connectivity index (χ4v) is 4.06. The molecule has 0 radical (unpaired) electrons. The van der Waals surface area contributed by atoms with Crippen molar-refractivity contribution in [2.45, 2.75) is 25.0 Å². The minimum Gasteiger partial charge on any atom is -0.393 e. The van der Waals surface area contributed by atoms with Gasteiger partial charge in [0.05, 0.1) is 29.7 Å². The van der Waals surface area contributed by atoms with Gasteiger partial charge in [0.25, 0.3) is 0 Å².